The Labute approximate surface area is 165 Å². The number of hydrogen-bond acceptors (Lipinski definition) is 2. The number of rotatable bonds is 2. The lowest BCUT2D eigenvalue weighted by atomic mass is 9.45. The minimum absolute atomic E-state index is 0.0955. The van der Waals surface area contributed by atoms with Gasteiger partial charge in [0.15, 0.2) is 0 Å². The molecular formula is C25H39NO. The van der Waals surface area contributed by atoms with Crippen LogP contribution in [0.4, 0.5) is 0 Å². The van der Waals surface area contributed by atoms with E-state index < -0.39 is 0 Å². The van der Waals surface area contributed by atoms with Gasteiger partial charge in [0.2, 0.25) is 0 Å². The summed E-state index contributed by atoms with van der Waals surface area (Å²) in [6.07, 6.45) is 15.1. The number of hydrogen-bond donors (Lipinski definition) is 2. The number of aliphatic hydroxyl groups excluding tert-OH is 1. The highest BCUT2D eigenvalue weighted by molar-refractivity contribution is 5.32. The van der Waals surface area contributed by atoms with Gasteiger partial charge in [0.1, 0.15) is 0 Å². The van der Waals surface area contributed by atoms with Gasteiger partial charge in [-0.2, -0.15) is 0 Å². The second-order valence-electron chi connectivity index (χ2n) is 10.9. The van der Waals surface area contributed by atoms with Crippen LogP contribution in [0.5, 0.6) is 0 Å². The summed E-state index contributed by atoms with van der Waals surface area (Å²) in [6, 6.07) is 0. The van der Waals surface area contributed by atoms with E-state index in [1.807, 2.05) is 5.57 Å². The van der Waals surface area contributed by atoms with Crippen molar-refractivity contribution in [1.29, 1.82) is 0 Å². The minimum atomic E-state index is -0.0955. The predicted octanol–water partition coefficient (Wildman–Crippen LogP) is 5.09. The van der Waals surface area contributed by atoms with Gasteiger partial charge >= 0.3 is 0 Å². The second kappa shape index (κ2) is 6.46. The van der Waals surface area contributed by atoms with Crippen molar-refractivity contribution in [2.45, 2.75) is 78.2 Å². The summed E-state index contributed by atoms with van der Waals surface area (Å²) < 4.78 is 0. The fourth-order valence-corrected chi connectivity index (χ4v) is 8.35. The fourth-order valence-electron chi connectivity index (χ4n) is 8.35. The molecule has 8 atom stereocenters. The van der Waals surface area contributed by atoms with Crippen molar-refractivity contribution < 1.29 is 5.11 Å². The maximum absolute atomic E-state index is 10.3. The van der Waals surface area contributed by atoms with Gasteiger partial charge in [-0.3, -0.25) is 0 Å². The standard InChI is InChI=1S/C25H39NO/c1-4-16-13-18-14-19(27)7-10-24(18,2)22-8-11-25(3)20(17-9-12-26-15-17)5-6-21(25)23(16)22/h5,13,16-17,19,21-23,26-27H,4,6-12,14-15H2,1-3H3/t16?,17?,19?,21-,22+,23-,24-,25+/m0/s1. The molecule has 3 unspecified atom stereocenters. The molecule has 1 aliphatic heterocycles. The van der Waals surface area contributed by atoms with Crippen LogP contribution in [0.3, 0.4) is 0 Å². The lowest BCUT2D eigenvalue weighted by Crippen LogP contribution is -2.53. The number of allylic oxidation sites excluding steroid dienone is 2. The van der Waals surface area contributed by atoms with Gasteiger partial charge in [-0.15, -0.1) is 0 Å². The van der Waals surface area contributed by atoms with Crippen LogP contribution >= 0.6 is 0 Å². The predicted molar refractivity (Wildman–Crippen MR) is 111 cm³/mol. The van der Waals surface area contributed by atoms with Crippen molar-refractivity contribution in [2.75, 3.05) is 13.1 Å². The third-order valence-electron chi connectivity index (χ3n) is 9.86. The first-order chi connectivity index (χ1) is 13.0. The SMILES string of the molecule is CCC1C=C2CC(O)CC[C@]2(C)[C@@H]2CC[C@]3(C)C(C4CCNC4)=CC[C@H]3[C@H]12. The Hall–Kier alpha value is -0.600. The summed E-state index contributed by atoms with van der Waals surface area (Å²) in [7, 11) is 0. The van der Waals surface area contributed by atoms with Crippen molar-refractivity contribution in [3.05, 3.63) is 23.3 Å². The third-order valence-corrected chi connectivity index (χ3v) is 9.86. The second-order valence-corrected chi connectivity index (χ2v) is 10.9. The van der Waals surface area contributed by atoms with Gasteiger partial charge in [-0.1, -0.05) is 44.1 Å². The minimum Gasteiger partial charge on any atom is -0.393 e. The van der Waals surface area contributed by atoms with Crippen LogP contribution in [0.1, 0.15) is 72.1 Å². The molecule has 5 aliphatic rings. The topological polar surface area (TPSA) is 32.3 Å². The first kappa shape index (κ1) is 18.4. The van der Waals surface area contributed by atoms with Crippen LogP contribution in [-0.2, 0) is 0 Å². The Balaban J connectivity index is 1.50. The van der Waals surface area contributed by atoms with Gasteiger partial charge in [0.25, 0.3) is 0 Å². The van der Waals surface area contributed by atoms with Gasteiger partial charge in [-0.25, -0.2) is 0 Å². The van der Waals surface area contributed by atoms with Crippen molar-refractivity contribution in [2.24, 2.45) is 40.4 Å². The van der Waals surface area contributed by atoms with E-state index in [1.54, 1.807) is 5.57 Å². The van der Waals surface area contributed by atoms with Crippen LogP contribution < -0.4 is 5.32 Å². The van der Waals surface area contributed by atoms with Crippen molar-refractivity contribution in [1.82, 2.24) is 5.32 Å². The summed E-state index contributed by atoms with van der Waals surface area (Å²) in [5.41, 5.74) is 4.24. The summed E-state index contributed by atoms with van der Waals surface area (Å²) >= 11 is 0. The van der Waals surface area contributed by atoms with E-state index in [9.17, 15) is 5.11 Å². The highest BCUT2D eigenvalue weighted by Gasteiger charge is 2.59. The molecule has 5 rings (SSSR count). The van der Waals surface area contributed by atoms with E-state index in [2.05, 4.69) is 38.2 Å². The van der Waals surface area contributed by atoms with E-state index in [4.69, 9.17) is 0 Å². The zero-order valence-corrected chi connectivity index (χ0v) is 17.6. The molecule has 3 fully saturated rings. The monoisotopic (exact) mass is 369 g/mol. The van der Waals surface area contributed by atoms with Crippen LogP contribution in [0.15, 0.2) is 23.3 Å². The Kier molecular flexibility index (Phi) is 4.41. The lowest BCUT2D eigenvalue weighted by molar-refractivity contribution is -0.0535. The molecule has 0 spiro atoms. The molecule has 1 heterocycles. The van der Waals surface area contributed by atoms with E-state index in [-0.39, 0.29) is 6.10 Å². The van der Waals surface area contributed by atoms with Crippen molar-refractivity contribution >= 4 is 0 Å². The molecule has 0 aromatic carbocycles. The average molecular weight is 370 g/mol. The zero-order chi connectivity index (χ0) is 18.8. The summed E-state index contributed by atoms with van der Waals surface area (Å²) in [4.78, 5) is 0. The molecule has 4 aliphatic carbocycles. The molecule has 2 heteroatoms. The highest BCUT2D eigenvalue weighted by atomic mass is 16.3. The van der Waals surface area contributed by atoms with Crippen LogP contribution in [0.2, 0.25) is 0 Å². The highest BCUT2D eigenvalue weighted by Crippen LogP contribution is 2.67. The number of nitrogens with one attached hydrogen (secondary N) is 1. The number of aliphatic hydroxyl groups is 1. The molecule has 0 aromatic heterocycles. The molecule has 0 aromatic rings. The first-order valence-corrected chi connectivity index (χ1v) is 11.8. The lowest BCUT2D eigenvalue weighted by Gasteiger charge is -2.60. The quantitative estimate of drug-likeness (QED) is 0.664. The summed E-state index contributed by atoms with van der Waals surface area (Å²) in [6.45, 7) is 10.00. The van der Waals surface area contributed by atoms with E-state index in [1.165, 1.54) is 51.6 Å². The molecule has 0 bridgehead atoms. The first-order valence-electron chi connectivity index (χ1n) is 11.8. The van der Waals surface area contributed by atoms with Gasteiger partial charge < -0.3 is 10.4 Å². The number of fused-ring (bicyclic) bond motifs is 5. The summed E-state index contributed by atoms with van der Waals surface area (Å²) in [5.74, 6) is 4.05. The molecule has 2 saturated carbocycles. The van der Waals surface area contributed by atoms with Gasteiger partial charge in [0.05, 0.1) is 6.10 Å². The van der Waals surface area contributed by atoms with E-state index >= 15 is 0 Å². The molecule has 1 saturated heterocycles. The molecular weight excluding hydrogens is 330 g/mol. The maximum atomic E-state index is 10.3. The molecule has 0 radical (unpaired) electrons. The Morgan fingerprint density at radius 1 is 1.11 bits per heavy atom. The van der Waals surface area contributed by atoms with Crippen molar-refractivity contribution in [3.8, 4) is 0 Å². The van der Waals surface area contributed by atoms with Crippen LogP contribution in [0, 0.1) is 40.4 Å². The third kappa shape index (κ3) is 2.58. The Bertz CT molecular complexity index is 659. The largest absolute Gasteiger partial charge is 0.393 e. The Morgan fingerprint density at radius 2 is 1.93 bits per heavy atom. The molecule has 27 heavy (non-hydrogen) atoms. The smallest absolute Gasteiger partial charge is 0.0577 e. The van der Waals surface area contributed by atoms with Crippen LogP contribution in [0.25, 0.3) is 0 Å². The fraction of sp³-hybridized carbons (Fsp3) is 0.840. The van der Waals surface area contributed by atoms with E-state index in [0.29, 0.717) is 10.8 Å². The van der Waals surface area contributed by atoms with Crippen molar-refractivity contribution in [3.63, 3.8) is 0 Å². The Morgan fingerprint density at radius 3 is 2.67 bits per heavy atom. The average Bonchev–Trinajstić information content (AvgIpc) is 3.28. The molecule has 2 nitrogen and oxygen atoms in total. The van der Waals surface area contributed by atoms with Crippen LogP contribution in [-0.4, -0.2) is 24.3 Å². The maximum Gasteiger partial charge on any atom is 0.0577 e. The molecule has 2 N–H and O–H groups in total. The van der Waals surface area contributed by atoms with E-state index in [0.717, 1.165) is 42.4 Å². The molecule has 150 valence electrons. The van der Waals surface area contributed by atoms with Gasteiger partial charge in [0, 0.05) is 6.54 Å². The normalized spacial score (nSPS) is 51.9. The molecule has 0 amide bonds. The zero-order valence-electron chi connectivity index (χ0n) is 17.6. The van der Waals surface area contributed by atoms with Gasteiger partial charge in [-0.05, 0) is 98.3 Å². The summed E-state index contributed by atoms with van der Waals surface area (Å²) in [5, 5.41) is 13.9.